The molecular weight excluding hydrogens is 392 g/mol. The van der Waals surface area contributed by atoms with Gasteiger partial charge < -0.3 is 10.2 Å². The number of hydrogen-bond donors (Lipinski definition) is 1. The Bertz CT molecular complexity index is 791. The summed E-state index contributed by atoms with van der Waals surface area (Å²) in [5, 5.41) is 3.20. The summed E-state index contributed by atoms with van der Waals surface area (Å²) >= 11 is 1.53. The van der Waals surface area contributed by atoms with Crippen molar-refractivity contribution >= 4 is 23.6 Å². The molecule has 30 heavy (non-hydrogen) atoms. The summed E-state index contributed by atoms with van der Waals surface area (Å²) in [4.78, 5) is 29.1. The smallest absolute Gasteiger partial charge is 0.243 e. The van der Waals surface area contributed by atoms with Crippen LogP contribution in [-0.2, 0) is 16.0 Å². The van der Waals surface area contributed by atoms with E-state index in [0.717, 1.165) is 24.2 Å². The van der Waals surface area contributed by atoms with Crippen molar-refractivity contribution in [1.29, 1.82) is 0 Å². The molecule has 0 aromatic heterocycles. The summed E-state index contributed by atoms with van der Waals surface area (Å²) in [6, 6.07) is 19.9. The van der Waals surface area contributed by atoms with Crippen molar-refractivity contribution in [2.45, 2.75) is 62.4 Å². The molecule has 5 heteroatoms. The zero-order chi connectivity index (χ0) is 21.2. The molecule has 0 spiro atoms. The fourth-order valence-electron chi connectivity index (χ4n) is 4.01. The number of carbonyl (C=O) groups excluding carboxylic acids is 2. The zero-order valence-corrected chi connectivity index (χ0v) is 18.6. The lowest BCUT2D eigenvalue weighted by molar-refractivity contribution is -0.139. The monoisotopic (exact) mass is 424 g/mol. The molecule has 0 bridgehead atoms. The lowest BCUT2D eigenvalue weighted by Crippen LogP contribution is -2.52. The molecular formula is C25H32N2O2S. The van der Waals surface area contributed by atoms with Gasteiger partial charge in [0.1, 0.15) is 6.04 Å². The van der Waals surface area contributed by atoms with Crippen LogP contribution in [0.5, 0.6) is 0 Å². The second-order valence-corrected chi connectivity index (χ2v) is 8.89. The number of rotatable bonds is 10. The van der Waals surface area contributed by atoms with Crippen LogP contribution in [0.25, 0.3) is 0 Å². The molecule has 1 aliphatic carbocycles. The first-order chi connectivity index (χ1) is 14.7. The predicted octanol–water partition coefficient (Wildman–Crippen LogP) is 4.69. The van der Waals surface area contributed by atoms with Gasteiger partial charge in [0.25, 0.3) is 0 Å². The van der Waals surface area contributed by atoms with Gasteiger partial charge in [-0.3, -0.25) is 9.59 Å². The number of carbonyl (C=O) groups is 2. The normalized spacial score (nSPS) is 15.0. The molecule has 1 fully saturated rings. The lowest BCUT2D eigenvalue weighted by atomic mass is 10.1. The van der Waals surface area contributed by atoms with Crippen molar-refractivity contribution in [2.24, 2.45) is 0 Å². The molecule has 1 atom stereocenters. The van der Waals surface area contributed by atoms with Crippen molar-refractivity contribution in [3.8, 4) is 0 Å². The zero-order valence-electron chi connectivity index (χ0n) is 17.8. The van der Waals surface area contributed by atoms with E-state index in [9.17, 15) is 9.59 Å². The van der Waals surface area contributed by atoms with Crippen molar-refractivity contribution in [3.63, 3.8) is 0 Å². The second-order valence-electron chi connectivity index (χ2n) is 7.84. The predicted molar refractivity (Wildman–Crippen MR) is 124 cm³/mol. The second kappa shape index (κ2) is 11.8. The van der Waals surface area contributed by atoms with Gasteiger partial charge in [-0.1, -0.05) is 68.3 Å². The quantitative estimate of drug-likeness (QED) is 0.563. The molecule has 2 aromatic carbocycles. The van der Waals surface area contributed by atoms with Crippen molar-refractivity contribution in [3.05, 3.63) is 66.2 Å². The van der Waals surface area contributed by atoms with E-state index in [-0.39, 0.29) is 17.9 Å². The minimum Gasteiger partial charge on any atom is -0.352 e. The van der Waals surface area contributed by atoms with E-state index >= 15 is 0 Å². The highest BCUT2D eigenvalue weighted by Gasteiger charge is 2.30. The Hall–Kier alpha value is -2.27. The molecule has 2 aromatic rings. The Balaban J connectivity index is 1.68. The Morgan fingerprint density at radius 3 is 2.30 bits per heavy atom. The van der Waals surface area contributed by atoms with Gasteiger partial charge in [0.05, 0.1) is 5.75 Å². The molecule has 0 saturated heterocycles. The van der Waals surface area contributed by atoms with E-state index in [4.69, 9.17) is 0 Å². The molecule has 4 nitrogen and oxygen atoms in total. The van der Waals surface area contributed by atoms with Crippen LogP contribution in [0, 0.1) is 0 Å². The number of nitrogens with zero attached hydrogens (tertiary/aromatic N) is 1. The highest BCUT2D eigenvalue weighted by atomic mass is 32.2. The van der Waals surface area contributed by atoms with Gasteiger partial charge in [-0.2, -0.15) is 0 Å². The summed E-state index contributed by atoms with van der Waals surface area (Å²) in [5.41, 5.74) is 1.18. The van der Waals surface area contributed by atoms with Gasteiger partial charge in [-0.05, 0) is 43.4 Å². The Morgan fingerprint density at radius 1 is 1.03 bits per heavy atom. The molecule has 1 saturated carbocycles. The molecule has 3 rings (SSSR count). The van der Waals surface area contributed by atoms with E-state index in [0.29, 0.717) is 18.7 Å². The Kier molecular flexibility index (Phi) is 8.81. The first-order valence-electron chi connectivity index (χ1n) is 11.0. The highest BCUT2D eigenvalue weighted by molar-refractivity contribution is 8.00. The third kappa shape index (κ3) is 6.63. The first-order valence-corrected chi connectivity index (χ1v) is 12.0. The fraction of sp³-hybridized carbons (Fsp3) is 0.440. The average Bonchev–Trinajstić information content (AvgIpc) is 3.29. The minimum absolute atomic E-state index is 0.00415. The van der Waals surface area contributed by atoms with E-state index in [1.54, 1.807) is 4.90 Å². The van der Waals surface area contributed by atoms with Gasteiger partial charge >= 0.3 is 0 Å². The maximum atomic E-state index is 13.2. The molecule has 1 N–H and O–H groups in total. The summed E-state index contributed by atoms with van der Waals surface area (Å²) in [7, 11) is 0. The summed E-state index contributed by atoms with van der Waals surface area (Å²) in [6.07, 6.45) is 5.80. The lowest BCUT2D eigenvalue weighted by Gasteiger charge is -2.31. The molecule has 0 heterocycles. The Labute approximate surface area is 184 Å². The molecule has 160 valence electrons. The van der Waals surface area contributed by atoms with Crippen LogP contribution < -0.4 is 5.32 Å². The van der Waals surface area contributed by atoms with Crippen LogP contribution in [0.3, 0.4) is 0 Å². The largest absolute Gasteiger partial charge is 0.352 e. The van der Waals surface area contributed by atoms with Crippen LogP contribution in [0.15, 0.2) is 65.6 Å². The van der Waals surface area contributed by atoms with Crippen molar-refractivity contribution in [1.82, 2.24) is 10.2 Å². The van der Waals surface area contributed by atoms with Crippen molar-refractivity contribution < 1.29 is 9.59 Å². The molecule has 0 radical (unpaired) electrons. The molecule has 2 amide bonds. The highest BCUT2D eigenvalue weighted by Crippen LogP contribution is 2.21. The number of thioether (sulfide) groups is 1. The maximum Gasteiger partial charge on any atom is 0.243 e. The molecule has 1 aliphatic rings. The van der Waals surface area contributed by atoms with E-state index < -0.39 is 6.04 Å². The van der Waals surface area contributed by atoms with Crippen molar-refractivity contribution in [2.75, 3.05) is 12.3 Å². The van der Waals surface area contributed by atoms with Gasteiger partial charge in [0.15, 0.2) is 0 Å². The van der Waals surface area contributed by atoms with Gasteiger partial charge in [-0.25, -0.2) is 0 Å². The van der Waals surface area contributed by atoms with Gasteiger partial charge in [0.2, 0.25) is 11.8 Å². The van der Waals surface area contributed by atoms with E-state index in [1.165, 1.54) is 30.2 Å². The summed E-state index contributed by atoms with van der Waals surface area (Å²) in [5.74, 6) is 0.357. The minimum atomic E-state index is -0.418. The van der Waals surface area contributed by atoms with Crippen LogP contribution in [0.4, 0.5) is 0 Å². The molecule has 0 aliphatic heterocycles. The van der Waals surface area contributed by atoms with Crippen LogP contribution >= 0.6 is 11.8 Å². The first kappa shape index (κ1) is 22.4. The summed E-state index contributed by atoms with van der Waals surface area (Å²) < 4.78 is 0. The van der Waals surface area contributed by atoms with Crippen LogP contribution in [0.2, 0.25) is 0 Å². The molecule has 0 unspecified atom stereocenters. The van der Waals surface area contributed by atoms with Gasteiger partial charge in [0, 0.05) is 17.5 Å². The van der Waals surface area contributed by atoms with Gasteiger partial charge in [-0.15, -0.1) is 11.8 Å². The van der Waals surface area contributed by atoms with Crippen LogP contribution in [0.1, 0.15) is 44.6 Å². The standard InChI is InChI=1S/C25H32N2O2S/c1-2-23(25(29)26-21-13-9-10-14-21)27(18-17-20-11-5-3-6-12-20)24(28)19-30-22-15-7-4-8-16-22/h3-8,11-12,15-16,21,23H,2,9-10,13-14,17-19H2,1H3,(H,26,29)/t23-/m1/s1. The van der Waals surface area contributed by atoms with E-state index in [2.05, 4.69) is 17.4 Å². The third-order valence-corrected chi connectivity index (χ3v) is 6.67. The SMILES string of the molecule is CC[C@H](C(=O)NC1CCCC1)N(CCc1ccccc1)C(=O)CSc1ccccc1. The van der Waals surface area contributed by atoms with E-state index in [1.807, 2.05) is 55.5 Å². The summed E-state index contributed by atoms with van der Waals surface area (Å²) in [6.45, 7) is 2.54. The average molecular weight is 425 g/mol. The number of amides is 2. The fourth-order valence-corrected chi connectivity index (χ4v) is 4.81. The van der Waals surface area contributed by atoms with Crippen LogP contribution in [-0.4, -0.2) is 41.1 Å². The maximum absolute atomic E-state index is 13.2. The Morgan fingerprint density at radius 2 is 1.67 bits per heavy atom. The topological polar surface area (TPSA) is 49.4 Å². The number of benzene rings is 2. The third-order valence-electron chi connectivity index (χ3n) is 5.68. The number of nitrogens with one attached hydrogen (secondary N) is 1. The number of hydrogen-bond acceptors (Lipinski definition) is 3.